The van der Waals surface area contributed by atoms with Crippen LogP contribution in [0.3, 0.4) is 0 Å². The Kier molecular flexibility index (Phi) is 4.54. The largest absolute Gasteiger partial charge is 0.207 e. The van der Waals surface area contributed by atoms with Crippen molar-refractivity contribution in [3.63, 3.8) is 0 Å². The molecule has 0 aliphatic heterocycles. The Balaban J connectivity index is 2.56. The topological polar surface area (TPSA) is 0 Å². The van der Waals surface area contributed by atoms with Crippen LogP contribution in [0.1, 0.15) is 18.4 Å². The lowest BCUT2D eigenvalue weighted by Crippen LogP contribution is -1.88. The Hall–Kier alpha value is -0.270. The summed E-state index contributed by atoms with van der Waals surface area (Å²) in [7, 11) is 0. The molecule has 0 unspecified atom stereocenters. The Labute approximate surface area is 87.7 Å². The van der Waals surface area contributed by atoms with Crippen molar-refractivity contribution < 1.29 is 4.39 Å². The number of unbranched alkanes of at least 4 members (excludes halogenated alkanes) is 1. The van der Waals surface area contributed by atoms with E-state index in [0.717, 1.165) is 24.8 Å². The molecule has 0 amide bonds. The highest BCUT2D eigenvalue weighted by Gasteiger charge is 2.00. The van der Waals surface area contributed by atoms with Crippen LogP contribution in [0.25, 0.3) is 0 Å². The van der Waals surface area contributed by atoms with Crippen LogP contribution in [-0.2, 0) is 6.42 Å². The first-order valence-electron chi connectivity index (χ1n) is 4.24. The van der Waals surface area contributed by atoms with Gasteiger partial charge >= 0.3 is 0 Å². The molecule has 0 N–H and O–H groups in total. The van der Waals surface area contributed by atoms with E-state index in [0.29, 0.717) is 10.9 Å². The molecule has 0 aromatic heterocycles. The summed E-state index contributed by atoms with van der Waals surface area (Å²) in [5.74, 6) is 0.379. The number of hydrogen-bond donors (Lipinski definition) is 0. The molecule has 0 fully saturated rings. The van der Waals surface area contributed by atoms with Crippen LogP contribution in [0.15, 0.2) is 18.2 Å². The highest BCUT2D eigenvalue weighted by atomic mass is 35.5. The Morgan fingerprint density at radius 3 is 2.62 bits per heavy atom. The molecule has 0 nitrogen and oxygen atoms in total. The van der Waals surface area contributed by atoms with Crippen molar-refractivity contribution in [3.8, 4) is 0 Å². The SMILES string of the molecule is Fc1ccc(CCCCCl)c(Cl)c1. The minimum Gasteiger partial charge on any atom is -0.207 e. The maximum Gasteiger partial charge on any atom is 0.124 e. The van der Waals surface area contributed by atoms with E-state index < -0.39 is 0 Å². The van der Waals surface area contributed by atoms with Gasteiger partial charge in [0.1, 0.15) is 5.82 Å². The first kappa shape index (κ1) is 10.8. The molecule has 1 rings (SSSR count). The summed E-state index contributed by atoms with van der Waals surface area (Å²) >= 11 is 11.4. The molecular weight excluding hydrogens is 210 g/mol. The molecule has 0 radical (unpaired) electrons. The molecule has 3 heteroatoms. The van der Waals surface area contributed by atoms with Gasteiger partial charge in [0.2, 0.25) is 0 Å². The van der Waals surface area contributed by atoms with E-state index in [1.807, 2.05) is 0 Å². The van der Waals surface area contributed by atoms with Crippen molar-refractivity contribution in [2.45, 2.75) is 19.3 Å². The molecule has 0 atom stereocenters. The monoisotopic (exact) mass is 220 g/mol. The lowest BCUT2D eigenvalue weighted by molar-refractivity contribution is 0.626. The van der Waals surface area contributed by atoms with Crippen LogP contribution in [0.4, 0.5) is 4.39 Å². The van der Waals surface area contributed by atoms with Crippen molar-refractivity contribution in [1.82, 2.24) is 0 Å². The van der Waals surface area contributed by atoms with E-state index in [1.54, 1.807) is 6.07 Å². The second-order valence-electron chi connectivity index (χ2n) is 2.88. The van der Waals surface area contributed by atoms with Crippen LogP contribution < -0.4 is 0 Å². The average Bonchev–Trinajstić information content (AvgIpc) is 2.09. The number of hydrogen-bond acceptors (Lipinski definition) is 0. The van der Waals surface area contributed by atoms with Crippen LogP contribution in [0, 0.1) is 5.82 Å². The highest BCUT2D eigenvalue weighted by molar-refractivity contribution is 6.31. The van der Waals surface area contributed by atoms with Gasteiger partial charge < -0.3 is 0 Å². The van der Waals surface area contributed by atoms with Crippen molar-refractivity contribution in [3.05, 3.63) is 34.6 Å². The lowest BCUT2D eigenvalue weighted by atomic mass is 10.1. The third-order valence-corrected chi connectivity index (χ3v) is 2.46. The fourth-order valence-electron chi connectivity index (χ4n) is 1.13. The third kappa shape index (κ3) is 3.53. The summed E-state index contributed by atoms with van der Waals surface area (Å²) in [6.07, 6.45) is 2.83. The second-order valence-corrected chi connectivity index (χ2v) is 3.67. The first-order valence-corrected chi connectivity index (χ1v) is 5.15. The smallest absolute Gasteiger partial charge is 0.124 e. The van der Waals surface area contributed by atoms with Gasteiger partial charge in [0, 0.05) is 10.9 Å². The Morgan fingerprint density at radius 1 is 1.23 bits per heavy atom. The van der Waals surface area contributed by atoms with E-state index in [2.05, 4.69) is 0 Å². The minimum atomic E-state index is -0.286. The predicted octanol–water partition coefficient (Wildman–Crippen LogP) is 4.04. The molecule has 0 bridgehead atoms. The van der Waals surface area contributed by atoms with Crippen LogP contribution in [0.5, 0.6) is 0 Å². The quantitative estimate of drug-likeness (QED) is 0.531. The summed E-state index contributed by atoms with van der Waals surface area (Å²) < 4.78 is 12.6. The van der Waals surface area contributed by atoms with Gasteiger partial charge in [-0.2, -0.15) is 0 Å². The van der Waals surface area contributed by atoms with Crippen molar-refractivity contribution in [2.24, 2.45) is 0 Å². The molecule has 13 heavy (non-hydrogen) atoms. The zero-order valence-electron chi connectivity index (χ0n) is 7.19. The van der Waals surface area contributed by atoms with Gasteiger partial charge in [-0.25, -0.2) is 4.39 Å². The summed E-state index contributed by atoms with van der Waals surface area (Å²) in [5, 5.41) is 0.509. The normalized spacial score (nSPS) is 10.4. The number of benzene rings is 1. The standard InChI is InChI=1S/C10H11Cl2F/c11-6-2-1-3-8-4-5-9(13)7-10(8)12/h4-5,7H,1-3,6H2. The van der Waals surface area contributed by atoms with Gasteiger partial charge in [-0.3, -0.25) is 0 Å². The predicted molar refractivity (Wildman–Crippen MR) is 55.1 cm³/mol. The Morgan fingerprint density at radius 2 is 2.00 bits per heavy atom. The molecule has 1 aromatic carbocycles. The third-order valence-electron chi connectivity index (χ3n) is 1.84. The van der Waals surface area contributed by atoms with Gasteiger partial charge in [0.05, 0.1) is 0 Å². The van der Waals surface area contributed by atoms with E-state index in [1.165, 1.54) is 12.1 Å². The zero-order chi connectivity index (χ0) is 9.68. The molecule has 0 saturated carbocycles. The van der Waals surface area contributed by atoms with E-state index >= 15 is 0 Å². The molecule has 0 aliphatic rings. The van der Waals surface area contributed by atoms with Gasteiger partial charge in [-0.1, -0.05) is 17.7 Å². The van der Waals surface area contributed by atoms with E-state index in [-0.39, 0.29) is 5.82 Å². The molecular formula is C10H11Cl2F. The van der Waals surface area contributed by atoms with Gasteiger partial charge in [-0.15, -0.1) is 11.6 Å². The average molecular weight is 221 g/mol. The summed E-state index contributed by atoms with van der Waals surface area (Å²) in [6.45, 7) is 0. The van der Waals surface area contributed by atoms with Crippen molar-refractivity contribution in [2.75, 3.05) is 5.88 Å². The minimum absolute atomic E-state index is 0.286. The number of halogens is 3. The molecule has 72 valence electrons. The summed E-state index contributed by atoms with van der Waals surface area (Å²) in [5.41, 5.74) is 0.994. The molecule has 0 saturated heterocycles. The van der Waals surface area contributed by atoms with Gasteiger partial charge in [0.15, 0.2) is 0 Å². The highest BCUT2D eigenvalue weighted by Crippen LogP contribution is 2.19. The lowest BCUT2D eigenvalue weighted by Gasteiger charge is -2.02. The number of alkyl halides is 1. The summed E-state index contributed by atoms with van der Waals surface area (Å²) in [6, 6.07) is 4.51. The van der Waals surface area contributed by atoms with Gasteiger partial charge in [0.25, 0.3) is 0 Å². The molecule has 0 spiro atoms. The molecule has 0 aliphatic carbocycles. The fourth-order valence-corrected chi connectivity index (χ4v) is 1.59. The van der Waals surface area contributed by atoms with Crippen molar-refractivity contribution >= 4 is 23.2 Å². The zero-order valence-corrected chi connectivity index (χ0v) is 8.71. The first-order chi connectivity index (χ1) is 6.24. The van der Waals surface area contributed by atoms with E-state index in [9.17, 15) is 4.39 Å². The Bertz CT molecular complexity index is 274. The molecule has 0 heterocycles. The van der Waals surface area contributed by atoms with Crippen LogP contribution in [-0.4, -0.2) is 5.88 Å². The van der Waals surface area contributed by atoms with Gasteiger partial charge in [-0.05, 0) is 37.0 Å². The summed E-state index contributed by atoms with van der Waals surface area (Å²) in [4.78, 5) is 0. The van der Waals surface area contributed by atoms with Crippen LogP contribution >= 0.6 is 23.2 Å². The van der Waals surface area contributed by atoms with Crippen LogP contribution in [0.2, 0.25) is 5.02 Å². The fraction of sp³-hybridized carbons (Fsp3) is 0.400. The maximum atomic E-state index is 12.6. The van der Waals surface area contributed by atoms with Crippen molar-refractivity contribution in [1.29, 1.82) is 0 Å². The molecule has 1 aromatic rings. The number of rotatable bonds is 4. The number of aryl methyl sites for hydroxylation is 1. The van der Waals surface area contributed by atoms with E-state index in [4.69, 9.17) is 23.2 Å². The second kappa shape index (κ2) is 5.46. The maximum absolute atomic E-state index is 12.6.